The van der Waals surface area contributed by atoms with Crippen LogP contribution in [-0.2, 0) is 12.7 Å². The maximum Gasteiger partial charge on any atom is 0.417 e. The van der Waals surface area contributed by atoms with Gasteiger partial charge in [-0.15, -0.1) is 0 Å². The van der Waals surface area contributed by atoms with E-state index in [0.29, 0.717) is 34.6 Å². The highest BCUT2D eigenvalue weighted by Gasteiger charge is 2.34. The summed E-state index contributed by atoms with van der Waals surface area (Å²) in [5, 5.41) is 22.7. The third-order valence-electron chi connectivity index (χ3n) is 4.57. The minimum atomic E-state index is -4.62. The first-order chi connectivity index (χ1) is 13.3. The molecule has 0 saturated carbocycles. The molecule has 0 atom stereocenters. The SMILES string of the molecule is Cc1nn(Cc2ccccc2C#N)c(C)c1-c1ccc(C#N)c(C(F)(F)F)c1. The minimum absolute atomic E-state index is 0.332. The first-order valence-corrected chi connectivity index (χ1v) is 8.40. The van der Waals surface area contributed by atoms with Gasteiger partial charge in [0.2, 0.25) is 0 Å². The molecule has 4 nitrogen and oxygen atoms in total. The molecule has 0 spiro atoms. The summed E-state index contributed by atoms with van der Waals surface area (Å²) in [5.74, 6) is 0. The molecule has 28 heavy (non-hydrogen) atoms. The third-order valence-corrected chi connectivity index (χ3v) is 4.57. The summed E-state index contributed by atoms with van der Waals surface area (Å²) < 4.78 is 41.6. The predicted octanol–water partition coefficient (Wildman–Crippen LogP) is 4.98. The van der Waals surface area contributed by atoms with Gasteiger partial charge >= 0.3 is 6.18 Å². The van der Waals surface area contributed by atoms with Crippen molar-refractivity contribution in [1.82, 2.24) is 9.78 Å². The van der Waals surface area contributed by atoms with E-state index in [9.17, 15) is 18.4 Å². The fourth-order valence-corrected chi connectivity index (χ4v) is 3.23. The summed E-state index contributed by atoms with van der Waals surface area (Å²) >= 11 is 0. The molecule has 1 aromatic heterocycles. The molecule has 0 amide bonds. The molecule has 7 heteroatoms. The number of aromatic nitrogens is 2. The van der Waals surface area contributed by atoms with Gasteiger partial charge in [0.05, 0.1) is 41.1 Å². The van der Waals surface area contributed by atoms with Crippen molar-refractivity contribution in [2.45, 2.75) is 26.6 Å². The number of aryl methyl sites for hydroxylation is 1. The van der Waals surface area contributed by atoms with Crippen LogP contribution in [0.4, 0.5) is 13.2 Å². The van der Waals surface area contributed by atoms with E-state index in [0.717, 1.165) is 11.6 Å². The van der Waals surface area contributed by atoms with Crippen molar-refractivity contribution in [2.75, 3.05) is 0 Å². The molecule has 0 unspecified atom stereocenters. The van der Waals surface area contributed by atoms with Crippen LogP contribution in [0.5, 0.6) is 0 Å². The van der Waals surface area contributed by atoms with Crippen LogP contribution >= 0.6 is 0 Å². The lowest BCUT2D eigenvalue weighted by Gasteiger charge is -2.11. The molecule has 2 aromatic carbocycles. The van der Waals surface area contributed by atoms with Gasteiger partial charge < -0.3 is 0 Å². The maximum atomic E-state index is 13.3. The summed E-state index contributed by atoms with van der Waals surface area (Å²) in [4.78, 5) is 0. The zero-order chi connectivity index (χ0) is 20.5. The minimum Gasteiger partial charge on any atom is -0.264 e. The number of alkyl halides is 3. The van der Waals surface area contributed by atoms with Crippen molar-refractivity contribution >= 4 is 0 Å². The van der Waals surface area contributed by atoms with Crippen LogP contribution in [0.15, 0.2) is 42.5 Å². The molecular formula is C21H15F3N4. The first-order valence-electron chi connectivity index (χ1n) is 8.40. The van der Waals surface area contributed by atoms with Crippen LogP contribution < -0.4 is 0 Å². The molecule has 0 aliphatic rings. The molecule has 0 aliphatic heterocycles. The number of rotatable bonds is 3. The van der Waals surface area contributed by atoms with Gasteiger partial charge in [0.1, 0.15) is 0 Å². The molecule has 140 valence electrons. The highest BCUT2D eigenvalue weighted by Crippen LogP contribution is 2.36. The lowest BCUT2D eigenvalue weighted by molar-refractivity contribution is -0.137. The predicted molar refractivity (Wildman–Crippen MR) is 97.1 cm³/mol. The average molecular weight is 380 g/mol. The lowest BCUT2D eigenvalue weighted by atomic mass is 9.98. The Labute approximate surface area is 160 Å². The Morgan fingerprint density at radius 1 is 1.00 bits per heavy atom. The molecule has 0 aliphatic carbocycles. The van der Waals surface area contributed by atoms with E-state index in [1.54, 1.807) is 36.7 Å². The van der Waals surface area contributed by atoms with Crippen LogP contribution in [0.2, 0.25) is 0 Å². The van der Waals surface area contributed by atoms with Crippen LogP contribution in [0.3, 0.4) is 0 Å². The molecule has 0 N–H and O–H groups in total. The Kier molecular flexibility index (Phi) is 4.94. The number of hydrogen-bond donors (Lipinski definition) is 0. The van der Waals surface area contributed by atoms with Gasteiger partial charge in [0.15, 0.2) is 0 Å². The van der Waals surface area contributed by atoms with Crippen LogP contribution in [-0.4, -0.2) is 9.78 Å². The Morgan fingerprint density at radius 3 is 2.32 bits per heavy atom. The Bertz CT molecular complexity index is 1130. The smallest absolute Gasteiger partial charge is 0.264 e. The van der Waals surface area contributed by atoms with Crippen molar-refractivity contribution in [1.29, 1.82) is 10.5 Å². The highest BCUT2D eigenvalue weighted by molar-refractivity contribution is 5.70. The summed E-state index contributed by atoms with van der Waals surface area (Å²) in [6.45, 7) is 3.83. The maximum absolute atomic E-state index is 13.3. The van der Waals surface area contributed by atoms with E-state index >= 15 is 0 Å². The fourth-order valence-electron chi connectivity index (χ4n) is 3.23. The van der Waals surface area contributed by atoms with Crippen LogP contribution in [0.25, 0.3) is 11.1 Å². The topological polar surface area (TPSA) is 65.4 Å². The molecular weight excluding hydrogens is 365 g/mol. The third kappa shape index (κ3) is 3.47. The van der Waals surface area contributed by atoms with Crippen molar-refractivity contribution in [2.24, 2.45) is 0 Å². The van der Waals surface area contributed by atoms with Gasteiger partial charge in [0.25, 0.3) is 0 Å². The second-order valence-corrected chi connectivity index (χ2v) is 6.34. The average Bonchev–Trinajstić information content (AvgIpc) is 2.94. The summed E-state index contributed by atoms with van der Waals surface area (Å²) in [5.41, 5.74) is 2.11. The van der Waals surface area contributed by atoms with Gasteiger partial charge in [-0.25, -0.2) is 0 Å². The Balaban J connectivity index is 2.09. The number of halogens is 3. The highest BCUT2D eigenvalue weighted by atomic mass is 19.4. The fraction of sp³-hybridized carbons (Fsp3) is 0.190. The number of hydrogen-bond acceptors (Lipinski definition) is 3. The van der Waals surface area contributed by atoms with Crippen LogP contribution in [0.1, 0.15) is 33.6 Å². The van der Waals surface area contributed by atoms with Crippen molar-refractivity contribution in [3.05, 3.63) is 76.1 Å². The Hall–Kier alpha value is -3.58. The largest absolute Gasteiger partial charge is 0.417 e. The molecule has 1 heterocycles. The summed E-state index contributed by atoms with van der Waals surface area (Å²) in [6, 6.07) is 14.5. The van der Waals surface area contributed by atoms with Gasteiger partial charge in [-0.05, 0) is 43.2 Å². The van der Waals surface area contributed by atoms with E-state index in [-0.39, 0.29) is 0 Å². The van der Waals surface area contributed by atoms with E-state index in [2.05, 4.69) is 11.2 Å². The first kappa shape index (κ1) is 19.2. The summed E-state index contributed by atoms with van der Waals surface area (Å²) in [6.07, 6.45) is -4.62. The molecule has 0 saturated heterocycles. The van der Waals surface area contributed by atoms with Crippen LogP contribution in [0, 0.1) is 36.5 Å². The normalized spacial score (nSPS) is 11.1. The van der Waals surface area contributed by atoms with Crippen molar-refractivity contribution < 1.29 is 13.2 Å². The van der Waals surface area contributed by atoms with Crippen molar-refractivity contribution in [3.63, 3.8) is 0 Å². The lowest BCUT2D eigenvalue weighted by Crippen LogP contribution is -2.08. The molecule has 3 aromatic rings. The van der Waals surface area contributed by atoms with Gasteiger partial charge in [-0.1, -0.05) is 24.3 Å². The van der Waals surface area contributed by atoms with Crippen molar-refractivity contribution in [3.8, 4) is 23.3 Å². The summed E-state index contributed by atoms with van der Waals surface area (Å²) in [7, 11) is 0. The molecule has 0 fully saturated rings. The number of nitrogens with zero attached hydrogens (tertiary/aromatic N) is 4. The van der Waals surface area contributed by atoms with Gasteiger partial charge in [0, 0.05) is 11.3 Å². The quantitative estimate of drug-likeness (QED) is 0.644. The molecule has 0 radical (unpaired) electrons. The van der Waals surface area contributed by atoms with E-state index in [4.69, 9.17) is 5.26 Å². The van der Waals surface area contributed by atoms with E-state index in [1.165, 1.54) is 12.1 Å². The number of nitriles is 2. The zero-order valence-corrected chi connectivity index (χ0v) is 15.2. The van der Waals surface area contributed by atoms with E-state index in [1.807, 2.05) is 12.1 Å². The second-order valence-electron chi connectivity index (χ2n) is 6.34. The zero-order valence-electron chi connectivity index (χ0n) is 15.2. The van der Waals surface area contributed by atoms with E-state index < -0.39 is 17.3 Å². The standard InChI is InChI=1S/C21H15F3N4/c1-13-20(15-7-8-17(11-26)19(9-15)21(22,23)24)14(2)28(27-13)12-18-6-4-3-5-16(18)10-25/h3-9H,12H2,1-2H3. The molecule has 0 bridgehead atoms. The molecule has 3 rings (SSSR count). The van der Waals surface area contributed by atoms with Gasteiger partial charge in [-0.3, -0.25) is 4.68 Å². The Morgan fingerprint density at radius 2 is 1.68 bits per heavy atom. The number of benzene rings is 2. The monoisotopic (exact) mass is 380 g/mol. The van der Waals surface area contributed by atoms with Gasteiger partial charge in [-0.2, -0.15) is 28.8 Å². The second kappa shape index (κ2) is 7.21.